The summed E-state index contributed by atoms with van der Waals surface area (Å²) >= 11 is 1.24. The molecule has 1 spiro atoms. The molecule has 1 aromatic carbocycles. The molecule has 2 unspecified atom stereocenters. The molecule has 3 fully saturated rings. The van der Waals surface area contributed by atoms with Crippen molar-refractivity contribution in [2.75, 3.05) is 33.3 Å². The SMILES string of the molecule is COc1ccc(C(F)(F)c2nnc(C3CN(C(=O)c4cncs4)CC34CN(C(=O)C3CC3(C)C)C4)o2)cc1. The highest BCUT2D eigenvalue weighted by Gasteiger charge is 2.62. The summed E-state index contributed by atoms with van der Waals surface area (Å²) in [6, 6.07) is 5.39. The van der Waals surface area contributed by atoms with Crippen LogP contribution in [0.4, 0.5) is 8.78 Å². The molecule has 0 N–H and O–H groups in total. The summed E-state index contributed by atoms with van der Waals surface area (Å²) in [7, 11) is 1.46. The number of ether oxygens (including phenoxy) is 1. The summed E-state index contributed by atoms with van der Waals surface area (Å²) in [4.78, 5) is 34.1. The van der Waals surface area contributed by atoms with Gasteiger partial charge in [-0.3, -0.25) is 14.6 Å². The molecule has 3 aromatic rings. The van der Waals surface area contributed by atoms with Gasteiger partial charge in [0, 0.05) is 43.1 Å². The lowest BCUT2D eigenvalue weighted by atomic mass is 9.71. The molecule has 1 aliphatic carbocycles. The van der Waals surface area contributed by atoms with E-state index in [9.17, 15) is 9.59 Å². The number of rotatable bonds is 6. The molecule has 12 heteroatoms. The zero-order valence-corrected chi connectivity index (χ0v) is 22.0. The zero-order chi connectivity index (χ0) is 26.9. The summed E-state index contributed by atoms with van der Waals surface area (Å²) in [6.07, 6.45) is 2.36. The predicted molar refractivity (Wildman–Crippen MR) is 132 cm³/mol. The van der Waals surface area contributed by atoms with Crippen molar-refractivity contribution in [3.05, 3.63) is 58.2 Å². The van der Waals surface area contributed by atoms with Crippen LogP contribution in [0.15, 0.2) is 40.4 Å². The van der Waals surface area contributed by atoms with Crippen molar-refractivity contribution in [1.29, 1.82) is 0 Å². The highest BCUT2D eigenvalue weighted by atomic mass is 32.1. The van der Waals surface area contributed by atoms with Gasteiger partial charge in [0.1, 0.15) is 10.6 Å². The molecule has 2 amide bonds. The van der Waals surface area contributed by atoms with E-state index in [4.69, 9.17) is 9.15 Å². The second kappa shape index (κ2) is 8.55. The number of hydrogen-bond acceptors (Lipinski definition) is 8. The molecule has 2 saturated heterocycles. The summed E-state index contributed by atoms with van der Waals surface area (Å²) in [5, 5.41) is 7.74. The molecule has 1 saturated carbocycles. The van der Waals surface area contributed by atoms with E-state index in [0.717, 1.165) is 6.42 Å². The Morgan fingerprint density at radius 1 is 1.13 bits per heavy atom. The van der Waals surface area contributed by atoms with E-state index in [-0.39, 0.29) is 41.1 Å². The molecule has 9 nitrogen and oxygen atoms in total. The van der Waals surface area contributed by atoms with Crippen LogP contribution in [0, 0.1) is 16.7 Å². The maximum Gasteiger partial charge on any atom is 0.349 e. The standard InChI is InChI=1S/C26H27F2N5O4S/c1-24(2)8-17(24)21(34)33-12-25(13-33)11-32(22(35)19-9-29-14-38-19)10-18(25)20-30-31-23(37-20)26(27,28)15-4-6-16(36-3)7-5-15/h4-7,9,14,17-18H,8,10-13H2,1-3H3. The van der Waals surface area contributed by atoms with Gasteiger partial charge in [0.25, 0.3) is 11.8 Å². The van der Waals surface area contributed by atoms with E-state index in [1.54, 1.807) is 15.3 Å². The highest BCUT2D eigenvalue weighted by molar-refractivity contribution is 7.11. The van der Waals surface area contributed by atoms with Gasteiger partial charge in [0.05, 0.1) is 24.7 Å². The van der Waals surface area contributed by atoms with Crippen molar-refractivity contribution < 1.29 is 27.5 Å². The van der Waals surface area contributed by atoms with Crippen molar-refractivity contribution in [3.63, 3.8) is 0 Å². The Labute approximate surface area is 221 Å². The maximum atomic E-state index is 15.3. The number of halogens is 2. The van der Waals surface area contributed by atoms with Gasteiger partial charge < -0.3 is 19.0 Å². The van der Waals surface area contributed by atoms with Crippen molar-refractivity contribution in [2.45, 2.75) is 32.1 Å². The fourth-order valence-corrected chi connectivity index (χ4v) is 6.25. The molecule has 0 bridgehead atoms. The van der Waals surface area contributed by atoms with Crippen molar-refractivity contribution in [2.24, 2.45) is 16.7 Å². The second-order valence-corrected chi connectivity index (χ2v) is 12.0. The van der Waals surface area contributed by atoms with Crippen molar-refractivity contribution >= 4 is 23.2 Å². The van der Waals surface area contributed by atoms with Gasteiger partial charge in [-0.25, -0.2) is 0 Å². The first-order chi connectivity index (χ1) is 18.0. The first-order valence-corrected chi connectivity index (χ1v) is 13.2. The lowest BCUT2D eigenvalue weighted by molar-refractivity contribution is -0.146. The van der Waals surface area contributed by atoms with Crippen LogP contribution in [0.3, 0.4) is 0 Å². The van der Waals surface area contributed by atoms with Gasteiger partial charge in [-0.1, -0.05) is 13.8 Å². The molecular weight excluding hydrogens is 516 g/mol. The monoisotopic (exact) mass is 543 g/mol. The minimum absolute atomic E-state index is 0.00247. The zero-order valence-electron chi connectivity index (χ0n) is 21.2. The van der Waals surface area contributed by atoms with Crippen LogP contribution in [0.2, 0.25) is 0 Å². The normalized spacial score (nSPS) is 23.4. The summed E-state index contributed by atoms with van der Waals surface area (Å²) < 4.78 is 41.2. The first kappa shape index (κ1) is 24.9. The molecule has 2 aliphatic heterocycles. The topological polar surface area (TPSA) is 102 Å². The van der Waals surface area contributed by atoms with E-state index < -0.39 is 23.1 Å². The molecule has 6 rings (SSSR count). The molecular formula is C26H27F2N5O4S. The van der Waals surface area contributed by atoms with Gasteiger partial charge in [-0.15, -0.1) is 21.5 Å². The minimum atomic E-state index is -3.51. The average molecular weight is 544 g/mol. The van der Waals surface area contributed by atoms with E-state index >= 15 is 8.78 Å². The molecule has 4 heterocycles. The molecule has 0 radical (unpaired) electrons. The lowest BCUT2D eigenvalue weighted by Gasteiger charge is -2.50. The number of carbonyl (C=O) groups is 2. The van der Waals surface area contributed by atoms with Crippen LogP contribution in [0.5, 0.6) is 5.75 Å². The van der Waals surface area contributed by atoms with E-state index in [1.165, 1.54) is 48.9 Å². The molecule has 2 aromatic heterocycles. The molecule has 3 aliphatic rings. The largest absolute Gasteiger partial charge is 0.497 e. The predicted octanol–water partition coefficient (Wildman–Crippen LogP) is 3.79. The summed E-state index contributed by atoms with van der Waals surface area (Å²) in [6.45, 7) is 5.54. The molecule has 2 atom stereocenters. The van der Waals surface area contributed by atoms with E-state index in [0.29, 0.717) is 30.3 Å². The minimum Gasteiger partial charge on any atom is -0.497 e. The molecule has 38 heavy (non-hydrogen) atoms. The van der Waals surface area contributed by atoms with Crippen LogP contribution >= 0.6 is 11.3 Å². The van der Waals surface area contributed by atoms with Gasteiger partial charge >= 0.3 is 5.92 Å². The smallest absolute Gasteiger partial charge is 0.349 e. The number of thiazole rings is 1. The Balaban J connectivity index is 1.27. The van der Waals surface area contributed by atoms with Crippen molar-refractivity contribution in [1.82, 2.24) is 25.0 Å². The third kappa shape index (κ3) is 3.96. The fourth-order valence-electron chi connectivity index (χ4n) is 5.67. The van der Waals surface area contributed by atoms with Crippen LogP contribution in [0.25, 0.3) is 0 Å². The first-order valence-electron chi connectivity index (χ1n) is 12.4. The second-order valence-electron chi connectivity index (χ2n) is 11.2. The fraction of sp³-hybridized carbons (Fsp3) is 0.500. The highest BCUT2D eigenvalue weighted by Crippen LogP contribution is 2.56. The number of methoxy groups -OCH3 is 1. The Bertz CT molecular complexity index is 1370. The third-order valence-corrected chi connectivity index (χ3v) is 8.93. The number of alkyl halides is 2. The number of nitrogens with zero attached hydrogens (tertiary/aromatic N) is 5. The lowest BCUT2D eigenvalue weighted by Crippen LogP contribution is -2.62. The number of amides is 2. The molecule has 200 valence electrons. The quantitative estimate of drug-likeness (QED) is 0.466. The number of benzene rings is 1. The van der Waals surface area contributed by atoms with Gasteiger partial charge in [-0.05, 0) is 36.1 Å². The Morgan fingerprint density at radius 3 is 2.42 bits per heavy atom. The van der Waals surface area contributed by atoms with Gasteiger partial charge in [0.15, 0.2) is 0 Å². The maximum absolute atomic E-state index is 15.3. The number of hydrogen-bond donors (Lipinski definition) is 0. The van der Waals surface area contributed by atoms with Crippen LogP contribution in [-0.2, 0) is 10.7 Å². The van der Waals surface area contributed by atoms with Crippen molar-refractivity contribution in [3.8, 4) is 5.75 Å². The van der Waals surface area contributed by atoms with Gasteiger partial charge in [0.2, 0.25) is 11.8 Å². The van der Waals surface area contributed by atoms with Gasteiger partial charge in [-0.2, -0.15) is 8.78 Å². The third-order valence-electron chi connectivity index (χ3n) is 8.17. The average Bonchev–Trinajstić information content (AvgIpc) is 3.41. The Kier molecular flexibility index (Phi) is 5.60. The van der Waals surface area contributed by atoms with Crippen LogP contribution in [0.1, 0.15) is 53.2 Å². The number of carbonyl (C=O) groups excluding carboxylic acids is 2. The number of likely N-dealkylation sites (tertiary alicyclic amines) is 2. The van der Waals surface area contributed by atoms with Crippen LogP contribution < -0.4 is 4.74 Å². The Morgan fingerprint density at radius 2 is 1.82 bits per heavy atom. The van der Waals surface area contributed by atoms with Crippen LogP contribution in [-0.4, -0.2) is 70.1 Å². The summed E-state index contributed by atoms with van der Waals surface area (Å²) in [5.41, 5.74) is 0.735. The van der Waals surface area contributed by atoms with E-state index in [1.807, 2.05) is 0 Å². The summed E-state index contributed by atoms with van der Waals surface area (Å²) in [5.74, 6) is -4.40. The van der Waals surface area contributed by atoms with E-state index in [2.05, 4.69) is 29.0 Å². The number of aromatic nitrogens is 3. The Hall–Kier alpha value is -3.41.